The van der Waals surface area contributed by atoms with Gasteiger partial charge >= 0.3 is 6.09 Å². The van der Waals surface area contributed by atoms with E-state index in [0.717, 1.165) is 31.4 Å². The monoisotopic (exact) mass is 607 g/mol. The third-order valence-electron chi connectivity index (χ3n) is 8.94. The van der Waals surface area contributed by atoms with Gasteiger partial charge in [0.1, 0.15) is 11.4 Å². The average molecular weight is 608 g/mol. The lowest BCUT2D eigenvalue weighted by atomic mass is 9.72. The number of hydrogen-bond donors (Lipinski definition) is 3. The van der Waals surface area contributed by atoms with Crippen molar-refractivity contribution >= 4 is 21.8 Å². The van der Waals surface area contributed by atoms with Crippen LogP contribution in [0.5, 0.6) is 0 Å². The Morgan fingerprint density at radius 2 is 1.79 bits per heavy atom. The molecule has 3 N–H and O–H groups in total. The first-order chi connectivity index (χ1) is 19.9. The van der Waals surface area contributed by atoms with E-state index in [9.17, 15) is 23.1 Å². The van der Waals surface area contributed by atoms with E-state index in [0.29, 0.717) is 18.3 Å². The second kappa shape index (κ2) is 14.1. The molecule has 7 atom stereocenters. The van der Waals surface area contributed by atoms with Gasteiger partial charge in [-0.3, -0.25) is 9.69 Å². The Labute approximate surface area is 250 Å². The lowest BCUT2D eigenvalue weighted by Crippen LogP contribution is -2.60. The lowest BCUT2D eigenvalue weighted by Gasteiger charge is -2.47. The summed E-state index contributed by atoms with van der Waals surface area (Å²) in [4.78, 5) is 28.7. The van der Waals surface area contributed by atoms with E-state index in [1.165, 1.54) is 20.0 Å². The summed E-state index contributed by atoms with van der Waals surface area (Å²) in [7, 11) is -2.00. The van der Waals surface area contributed by atoms with Crippen molar-refractivity contribution in [1.29, 1.82) is 0 Å². The van der Waals surface area contributed by atoms with Gasteiger partial charge in [0.05, 0.1) is 30.5 Å². The quantitative estimate of drug-likeness (QED) is 0.370. The van der Waals surface area contributed by atoms with E-state index in [4.69, 9.17) is 9.47 Å². The molecule has 0 bridgehead atoms. The van der Waals surface area contributed by atoms with Crippen LogP contribution in [-0.4, -0.2) is 98.1 Å². The maximum Gasteiger partial charge on any atom is 0.407 e. The molecule has 1 saturated carbocycles. The van der Waals surface area contributed by atoms with Gasteiger partial charge in [-0.1, -0.05) is 49.6 Å². The number of β-amino-alcohol motifs (C(OH)–C–C–N with tert-alkyl or cyclic N) is 1. The van der Waals surface area contributed by atoms with Crippen molar-refractivity contribution in [2.24, 2.45) is 11.8 Å². The Morgan fingerprint density at radius 3 is 2.45 bits per heavy atom. The fourth-order valence-corrected chi connectivity index (χ4v) is 8.69. The van der Waals surface area contributed by atoms with Crippen molar-refractivity contribution in [2.75, 3.05) is 32.6 Å². The van der Waals surface area contributed by atoms with Crippen molar-refractivity contribution in [1.82, 2.24) is 15.5 Å². The summed E-state index contributed by atoms with van der Waals surface area (Å²) in [6, 6.07) is 8.48. The molecule has 1 aliphatic carbocycles. The highest BCUT2D eigenvalue weighted by Gasteiger charge is 2.44. The lowest BCUT2D eigenvalue weighted by molar-refractivity contribution is -0.132. The molecule has 11 heteroatoms. The molecule has 3 fully saturated rings. The van der Waals surface area contributed by atoms with E-state index in [1.807, 2.05) is 51.1 Å². The fraction of sp³-hybridized carbons (Fsp3) is 0.742. The Balaban J connectivity index is 1.50. The Morgan fingerprint density at radius 1 is 1.10 bits per heavy atom. The van der Waals surface area contributed by atoms with E-state index in [2.05, 4.69) is 15.5 Å². The first kappa shape index (κ1) is 32.7. The van der Waals surface area contributed by atoms with Gasteiger partial charge in [-0.25, -0.2) is 13.2 Å². The largest absolute Gasteiger partial charge is 0.445 e. The zero-order chi connectivity index (χ0) is 30.5. The van der Waals surface area contributed by atoms with Crippen LogP contribution < -0.4 is 10.6 Å². The number of rotatable bonds is 10. The van der Waals surface area contributed by atoms with Crippen molar-refractivity contribution < 1.29 is 32.6 Å². The Hall–Kier alpha value is -2.21. The van der Waals surface area contributed by atoms with Gasteiger partial charge in [-0.05, 0) is 63.9 Å². The van der Waals surface area contributed by atoms with E-state index in [1.54, 1.807) is 0 Å². The summed E-state index contributed by atoms with van der Waals surface area (Å²) >= 11 is 0. The molecule has 10 nitrogen and oxygen atoms in total. The molecule has 0 unspecified atom stereocenters. The highest BCUT2D eigenvalue weighted by molar-refractivity contribution is 7.92. The number of likely N-dealkylation sites (tertiary alicyclic amines) is 1. The van der Waals surface area contributed by atoms with Crippen molar-refractivity contribution in [2.45, 2.75) is 101 Å². The second-order valence-corrected chi connectivity index (χ2v) is 15.7. The summed E-state index contributed by atoms with van der Waals surface area (Å²) in [5.74, 6) is 0.887. The Kier molecular flexibility index (Phi) is 10.9. The number of fused-ring (bicyclic) bond motifs is 1. The van der Waals surface area contributed by atoms with Crippen LogP contribution in [0.2, 0.25) is 0 Å². The summed E-state index contributed by atoms with van der Waals surface area (Å²) < 4.78 is 35.6. The molecule has 2 heterocycles. The number of amides is 2. The van der Waals surface area contributed by atoms with Crippen LogP contribution in [0.1, 0.15) is 64.9 Å². The molecule has 3 aliphatic rings. The standard InChI is InChI=1S/C31H49N3O7S/c1-31(2,3)33-29(36)25-17-22-12-8-9-13-23(22)18-34(25)19-26(35)24(16-21-10-6-5-7-11-21)32-30(37)41-27-14-15-42(38,39)28(27)20-40-4/h5-7,10-11,22-28,35H,8-9,12-20H2,1-4H3,(H,32,37)(H,33,36)/t22-,23+,24-,25-,26+,27-,28-/m0/s1. The van der Waals surface area contributed by atoms with E-state index in [-0.39, 0.29) is 42.8 Å². The molecule has 0 radical (unpaired) electrons. The molecule has 2 saturated heterocycles. The summed E-state index contributed by atoms with van der Waals surface area (Å²) in [5, 5.41) is 16.7. The first-order valence-electron chi connectivity index (χ1n) is 15.3. The summed E-state index contributed by atoms with van der Waals surface area (Å²) in [6.07, 6.45) is 3.35. The van der Waals surface area contributed by atoms with Crippen molar-refractivity contribution in [3.05, 3.63) is 35.9 Å². The van der Waals surface area contributed by atoms with Gasteiger partial charge in [-0.15, -0.1) is 0 Å². The number of aliphatic hydroxyl groups is 1. The zero-order valence-corrected chi connectivity index (χ0v) is 26.3. The minimum absolute atomic E-state index is 0.0303. The molecular weight excluding hydrogens is 558 g/mol. The molecule has 1 aromatic rings. The third kappa shape index (κ3) is 8.67. The maximum atomic E-state index is 13.5. The van der Waals surface area contributed by atoms with E-state index < -0.39 is 39.4 Å². The molecular formula is C31H49N3O7S. The van der Waals surface area contributed by atoms with Gasteiger partial charge in [0.25, 0.3) is 0 Å². The van der Waals surface area contributed by atoms with Crippen molar-refractivity contribution in [3.63, 3.8) is 0 Å². The summed E-state index contributed by atoms with van der Waals surface area (Å²) in [5.41, 5.74) is 0.552. The number of aliphatic hydroxyl groups excluding tert-OH is 1. The predicted octanol–water partition coefficient (Wildman–Crippen LogP) is 2.68. The highest BCUT2D eigenvalue weighted by atomic mass is 32.2. The topological polar surface area (TPSA) is 134 Å². The van der Waals surface area contributed by atoms with Crippen LogP contribution in [0, 0.1) is 11.8 Å². The molecule has 2 aliphatic heterocycles. The molecule has 0 spiro atoms. The maximum absolute atomic E-state index is 13.5. The zero-order valence-electron chi connectivity index (χ0n) is 25.5. The molecule has 4 rings (SSSR count). The van der Waals surface area contributed by atoms with Gasteiger partial charge < -0.3 is 25.2 Å². The van der Waals surface area contributed by atoms with Gasteiger partial charge in [0.2, 0.25) is 5.91 Å². The number of nitrogens with one attached hydrogen (secondary N) is 2. The number of piperidine rings is 1. The van der Waals surface area contributed by atoms with Gasteiger partial charge in [0.15, 0.2) is 9.84 Å². The molecule has 2 amide bonds. The molecule has 236 valence electrons. The second-order valence-electron chi connectivity index (χ2n) is 13.4. The number of hydrogen-bond acceptors (Lipinski definition) is 8. The Bertz CT molecular complexity index is 1160. The van der Waals surface area contributed by atoms with Crippen LogP contribution in [0.4, 0.5) is 4.79 Å². The predicted molar refractivity (Wildman–Crippen MR) is 161 cm³/mol. The highest BCUT2D eigenvalue weighted by Crippen LogP contribution is 2.39. The van der Waals surface area contributed by atoms with Gasteiger partial charge in [-0.2, -0.15) is 0 Å². The number of nitrogens with zero attached hydrogens (tertiary/aromatic N) is 1. The normalized spacial score (nSPS) is 29.2. The number of benzene rings is 1. The minimum atomic E-state index is -3.42. The number of sulfone groups is 1. The van der Waals surface area contributed by atoms with E-state index >= 15 is 0 Å². The number of methoxy groups -OCH3 is 1. The van der Waals surface area contributed by atoms with Crippen LogP contribution in [0.3, 0.4) is 0 Å². The molecule has 0 aromatic heterocycles. The van der Waals surface area contributed by atoms with Crippen LogP contribution in [-0.2, 0) is 30.5 Å². The molecule has 42 heavy (non-hydrogen) atoms. The minimum Gasteiger partial charge on any atom is -0.445 e. The van der Waals surface area contributed by atoms with Crippen LogP contribution in [0.15, 0.2) is 30.3 Å². The number of alkyl carbamates (subject to hydrolysis) is 1. The molecule has 1 aromatic carbocycles. The number of ether oxygens (including phenoxy) is 2. The smallest absolute Gasteiger partial charge is 0.407 e. The summed E-state index contributed by atoms with van der Waals surface area (Å²) in [6.45, 7) is 6.79. The average Bonchev–Trinajstić information content (AvgIpc) is 3.20. The SMILES string of the molecule is COC[C@H]1[C@@H](OC(=O)N[C@@H](Cc2ccccc2)[C@H](O)CN2C[C@H]3CCCC[C@H]3C[C@H]2C(=O)NC(C)(C)C)CCS1(=O)=O. The third-order valence-corrected chi connectivity index (χ3v) is 11.1. The van der Waals surface area contributed by atoms with Gasteiger partial charge in [0, 0.05) is 25.7 Å². The van der Waals surface area contributed by atoms with Crippen molar-refractivity contribution in [3.8, 4) is 0 Å². The first-order valence-corrected chi connectivity index (χ1v) is 17.0. The van der Waals surface area contributed by atoms with Crippen LogP contribution >= 0.6 is 0 Å². The fourth-order valence-electron chi connectivity index (χ4n) is 6.83. The van der Waals surface area contributed by atoms with Crippen LogP contribution in [0.25, 0.3) is 0 Å². The number of carbonyl (C=O) groups excluding carboxylic acids is 2. The number of carbonyl (C=O) groups is 2.